The summed E-state index contributed by atoms with van der Waals surface area (Å²) in [5, 5.41) is 1.37. The molecule has 1 heteroatoms. The predicted octanol–water partition coefficient (Wildman–Crippen LogP) is 13.6. The number of fused-ring (bicyclic) bond motifs is 9. The predicted molar refractivity (Wildman–Crippen MR) is 226 cm³/mol. The molecule has 1 nitrogen and oxygen atoms in total. The van der Waals surface area contributed by atoms with Crippen LogP contribution in [0, 0.1) is 71.0 Å². The van der Waals surface area contributed by atoms with E-state index in [1.165, 1.54) is 92.9 Å². The van der Waals surface area contributed by atoms with Gasteiger partial charge in [0.05, 0.1) is 5.52 Å². The van der Waals surface area contributed by atoms with Gasteiger partial charge < -0.3 is 4.57 Å². The van der Waals surface area contributed by atoms with Crippen molar-refractivity contribution in [3.63, 3.8) is 0 Å². The quantitative estimate of drug-likeness (QED) is 0.163. The van der Waals surface area contributed by atoms with Crippen LogP contribution in [0.15, 0.2) is 133 Å². The van der Waals surface area contributed by atoms with Crippen LogP contribution in [-0.2, 0) is 0 Å². The Balaban J connectivity index is 1.04. The van der Waals surface area contributed by atoms with E-state index in [-0.39, 0.29) is 0 Å². The number of benzene rings is 4. The highest BCUT2D eigenvalue weighted by Crippen LogP contribution is 2.75. The van der Waals surface area contributed by atoms with E-state index in [1.807, 2.05) is 0 Å². The molecular weight excluding hydrogens is 663 g/mol. The lowest BCUT2D eigenvalue weighted by molar-refractivity contribution is -0.0785. The maximum Gasteiger partial charge on any atom is 0.0531 e. The Kier molecular flexibility index (Phi) is 7.94. The van der Waals surface area contributed by atoms with Gasteiger partial charge in [-0.1, -0.05) is 135 Å². The van der Waals surface area contributed by atoms with Crippen molar-refractivity contribution < 1.29 is 0 Å². The molecule has 15 unspecified atom stereocenters. The molecule has 1 heterocycles. The van der Waals surface area contributed by atoms with Gasteiger partial charge in [0, 0.05) is 22.7 Å². The lowest BCUT2D eigenvalue weighted by Crippen LogP contribution is -2.53. The number of para-hydroxylation sites is 2. The SMILES string of the molecule is C=C1C2C(c3cc4ccccc4n3-c3ccccc3)CCCC2C2C1C(c1ccccc1)C1CC3C4CCCCC4C4CCCC(C43)C1C2c1ccccc1. The first kappa shape index (κ1) is 33.3. The second-order valence-corrected chi connectivity index (χ2v) is 19.7. The fourth-order valence-corrected chi connectivity index (χ4v) is 16.8. The molecule has 7 saturated carbocycles. The molecule has 0 radical (unpaired) electrons. The van der Waals surface area contributed by atoms with Crippen LogP contribution in [-0.4, -0.2) is 4.57 Å². The first-order valence-electron chi connectivity index (χ1n) is 22.7. The summed E-state index contributed by atoms with van der Waals surface area (Å²) in [6.45, 7) is 5.38. The van der Waals surface area contributed by atoms with Crippen LogP contribution in [0.2, 0.25) is 0 Å². The minimum absolute atomic E-state index is 0.487. The number of hydrogen-bond acceptors (Lipinski definition) is 0. The third-order valence-corrected chi connectivity index (χ3v) is 18.0. The lowest BCUT2D eigenvalue weighted by Gasteiger charge is -2.61. The summed E-state index contributed by atoms with van der Waals surface area (Å²) in [5.41, 5.74) is 9.11. The maximum absolute atomic E-state index is 5.38. The van der Waals surface area contributed by atoms with Gasteiger partial charge in [0.15, 0.2) is 0 Å². The minimum Gasteiger partial charge on any atom is -0.313 e. The Morgan fingerprint density at radius 1 is 0.436 bits per heavy atom. The lowest BCUT2D eigenvalue weighted by atomic mass is 9.43. The number of nitrogens with zero attached hydrogens (tertiary/aromatic N) is 1. The van der Waals surface area contributed by atoms with E-state index in [2.05, 4.69) is 126 Å². The molecule has 280 valence electrons. The molecule has 7 aliphatic rings. The first-order chi connectivity index (χ1) is 27.3. The van der Waals surface area contributed by atoms with Crippen molar-refractivity contribution >= 4 is 10.9 Å². The standard InChI is InChI=1S/C54H59N/c1-33-48-41(47-31-36-21-11-14-30-46(36)55(47)37-22-9-4-10-23-37)27-16-28-42(48)54-49(33)50(34-17-5-2-6-18-34)45-32-44-39-25-13-12-24-38(39)40-26-15-29-43(52(40)44)53(45)51(54)35-19-7-3-8-20-35/h2-11,14,17-23,30-31,38-45,48-54H,1,12-13,15-16,24-29,32H2. The molecule has 55 heavy (non-hydrogen) atoms. The zero-order valence-electron chi connectivity index (χ0n) is 32.6. The van der Waals surface area contributed by atoms with E-state index in [1.54, 1.807) is 16.7 Å². The van der Waals surface area contributed by atoms with Crippen LogP contribution in [0.25, 0.3) is 16.6 Å². The highest BCUT2D eigenvalue weighted by atomic mass is 15.0. The van der Waals surface area contributed by atoms with Gasteiger partial charge in [-0.05, 0) is 163 Å². The van der Waals surface area contributed by atoms with E-state index >= 15 is 0 Å². The summed E-state index contributed by atoms with van der Waals surface area (Å²) < 4.78 is 2.64. The van der Waals surface area contributed by atoms with Gasteiger partial charge in [-0.15, -0.1) is 0 Å². The van der Waals surface area contributed by atoms with Crippen molar-refractivity contribution in [2.45, 2.75) is 88.4 Å². The molecule has 1 aromatic heterocycles. The molecule has 15 atom stereocenters. The monoisotopic (exact) mass is 721 g/mol. The molecule has 0 aliphatic heterocycles. The fourth-order valence-electron chi connectivity index (χ4n) is 16.8. The maximum atomic E-state index is 5.38. The molecule has 0 saturated heterocycles. The van der Waals surface area contributed by atoms with Crippen LogP contribution in [0.1, 0.15) is 105 Å². The van der Waals surface area contributed by atoms with Crippen molar-refractivity contribution in [2.75, 3.05) is 0 Å². The summed E-state index contributed by atoms with van der Waals surface area (Å²) in [4.78, 5) is 0. The van der Waals surface area contributed by atoms with Crippen LogP contribution in [0.4, 0.5) is 0 Å². The second kappa shape index (κ2) is 13.1. The number of rotatable bonds is 4. The average Bonchev–Trinajstić information content (AvgIpc) is 3.90. The van der Waals surface area contributed by atoms with Crippen molar-refractivity contribution in [1.82, 2.24) is 4.57 Å². The molecule has 7 aliphatic carbocycles. The Morgan fingerprint density at radius 2 is 1.04 bits per heavy atom. The van der Waals surface area contributed by atoms with E-state index in [4.69, 9.17) is 6.58 Å². The van der Waals surface area contributed by atoms with Crippen molar-refractivity contribution in [2.24, 2.45) is 71.0 Å². The molecule has 0 bridgehead atoms. The Morgan fingerprint density at radius 3 is 1.80 bits per heavy atom. The summed E-state index contributed by atoms with van der Waals surface area (Å²) >= 11 is 0. The molecule has 0 amide bonds. The number of hydrogen-bond donors (Lipinski definition) is 0. The molecule has 0 N–H and O–H groups in total. The van der Waals surface area contributed by atoms with Crippen LogP contribution in [0.5, 0.6) is 0 Å². The average molecular weight is 722 g/mol. The zero-order valence-corrected chi connectivity index (χ0v) is 32.6. The van der Waals surface area contributed by atoms with Gasteiger partial charge in [-0.3, -0.25) is 0 Å². The third kappa shape index (κ3) is 4.90. The fraction of sp³-hybridized carbons (Fsp3) is 0.481. The normalized spacial score (nSPS) is 40.1. The minimum atomic E-state index is 0.487. The van der Waals surface area contributed by atoms with Gasteiger partial charge in [0.1, 0.15) is 0 Å². The van der Waals surface area contributed by atoms with Crippen LogP contribution in [0.3, 0.4) is 0 Å². The van der Waals surface area contributed by atoms with Crippen LogP contribution >= 0.6 is 0 Å². The molecule has 12 rings (SSSR count). The van der Waals surface area contributed by atoms with E-state index in [0.29, 0.717) is 41.4 Å². The van der Waals surface area contributed by atoms with E-state index < -0.39 is 0 Å². The largest absolute Gasteiger partial charge is 0.313 e. The van der Waals surface area contributed by atoms with Gasteiger partial charge >= 0.3 is 0 Å². The summed E-state index contributed by atoms with van der Waals surface area (Å²) in [7, 11) is 0. The van der Waals surface area contributed by atoms with Crippen LogP contribution < -0.4 is 0 Å². The third-order valence-electron chi connectivity index (χ3n) is 18.0. The Hall–Kier alpha value is -3.84. The molecular formula is C54H59N. The van der Waals surface area contributed by atoms with E-state index in [0.717, 1.165) is 47.3 Å². The highest BCUT2D eigenvalue weighted by molar-refractivity contribution is 5.83. The first-order valence-corrected chi connectivity index (χ1v) is 22.7. The Labute approximate surface area is 329 Å². The summed E-state index contributed by atoms with van der Waals surface area (Å²) in [6, 6.07) is 47.3. The van der Waals surface area contributed by atoms with Gasteiger partial charge in [0.2, 0.25) is 0 Å². The van der Waals surface area contributed by atoms with E-state index in [9.17, 15) is 0 Å². The van der Waals surface area contributed by atoms with Crippen molar-refractivity contribution in [3.8, 4) is 5.69 Å². The van der Waals surface area contributed by atoms with Gasteiger partial charge in [0.25, 0.3) is 0 Å². The van der Waals surface area contributed by atoms with Crippen molar-refractivity contribution in [3.05, 3.63) is 150 Å². The van der Waals surface area contributed by atoms with Gasteiger partial charge in [-0.2, -0.15) is 0 Å². The summed E-state index contributed by atoms with van der Waals surface area (Å²) in [5.74, 6) is 11.5. The second-order valence-electron chi connectivity index (χ2n) is 19.7. The summed E-state index contributed by atoms with van der Waals surface area (Å²) in [6.07, 6.45) is 15.9. The zero-order chi connectivity index (χ0) is 36.2. The molecule has 7 fully saturated rings. The van der Waals surface area contributed by atoms with Crippen molar-refractivity contribution in [1.29, 1.82) is 0 Å². The molecule has 5 aromatic rings. The molecule has 4 aromatic carbocycles. The smallest absolute Gasteiger partial charge is 0.0531 e. The number of aromatic nitrogens is 1. The molecule has 0 spiro atoms. The highest BCUT2D eigenvalue weighted by Gasteiger charge is 2.67. The number of allylic oxidation sites excluding steroid dienone is 1. The Bertz CT molecular complexity index is 2180. The van der Waals surface area contributed by atoms with Gasteiger partial charge in [-0.25, -0.2) is 0 Å². The topological polar surface area (TPSA) is 4.93 Å².